The van der Waals surface area contributed by atoms with Gasteiger partial charge in [0.25, 0.3) is 11.5 Å². The molecule has 3 N–H and O–H groups in total. The Labute approximate surface area is 144 Å². The summed E-state index contributed by atoms with van der Waals surface area (Å²) in [4.78, 5) is 23.8. The Morgan fingerprint density at radius 1 is 1.12 bits per heavy atom. The number of aryl methyl sites for hydroxylation is 1. The van der Waals surface area contributed by atoms with E-state index in [4.69, 9.17) is 0 Å². The van der Waals surface area contributed by atoms with Crippen LogP contribution in [0.25, 0.3) is 11.3 Å². The minimum absolute atomic E-state index is 0.141. The minimum Gasteiger partial charge on any atom is -0.322 e. The number of hydrogen-bond acceptors (Lipinski definition) is 4. The second-order valence-corrected chi connectivity index (χ2v) is 6.10. The molecular formula is C18H19N5O2. The summed E-state index contributed by atoms with van der Waals surface area (Å²) in [5.41, 5.74) is 3.85. The van der Waals surface area contributed by atoms with E-state index in [-0.39, 0.29) is 17.4 Å². The highest BCUT2D eigenvalue weighted by molar-refractivity contribution is 6.06. The zero-order valence-corrected chi connectivity index (χ0v) is 14.3. The molecule has 3 rings (SSSR count). The molecule has 128 valence electrons. The van der Waals surface area contributed by atoms with Gasteiger partial charge in [-0.3, -0.25) is 14.7 Å². The molecule has 0 aliphatic heterocycles. The van der Waals surface area contributed by atoms with Crippen LogP contribution in [0.2, 0.25) is 0 Å². The fourth-order valence-corrected chi connectivity index (χ4v) is 2.61. The molecule has 2 heterocycles. The van der Waals surface area contributed by atoms with Gasteiger partial charge in [-0.1, -0.05) is 26.0 Å². The largest absolute Gasteiger partial charge is 0.322 e. The molecule has 7 nitrogen and oxygen atoms in total. The van der Waals surface area contributed by atoms with Crippen LogP contribution < -0.4 is 10.9 Å². The highest BCUT2D eigenvalue weighted by Crippen LogP contribution is 2.23. The molecule has 0 atom stereocenters. The summed E-state index contributed by atoms with van der Waals surface area (Å²) < 4.78 is 0. The van der Waals surface area contributed by atoms with Gasteiger partial charge in [0.1, 0.15) is 0 Å². The molecule has 2 aromatic heterocycles. The van der Waals surface area contributed by atoms with Gasteiger partial charge in [-0.25, -0.2) is 5.10 Å². The zero-order valence-electron chi connectivity index (χ0n) is 14.3. The number of nitrogens with one attached hydrogen (secondary N) is 3. The van der Waals surface area contributed by atoms with E-state index in [2.05, 4.69) is 25.7 Å². The average Bonchev–Trinajstić information content (AvgIpc) is 2.98. The predicted octanol–water partition coefficient (Wildman–Crippen LogP) is 2.84. The maximum Gasteiger partial charge on any atom is 0.264 e. The SMILES string of the molecule is Cc1[nH]nc(C(C)C)c1C(=O)Nc1cccc(-c2ccc(=O)[nH]n2)c1. The lowest BCUT2D eigenvalue weighted by Crippen LogP contribution is -2.15. The van der Waals surface area contributed by atoms with Crippen LogP contribution in [-0.4, -0.2) is 26.3 Å². The average molecular weight is 337 g/mol. The molecule has 7 heteroatoms. The number of aromatic nitrogens is 4. The normalized spacial score (nSPS) is 10.9. The van der Waals surface area contributed by atoms with Crippen molar-refractivity contribution in [2.45, 2.75) is 26.7 Å². The maximum absolute atomic E-state index is 12.7. The summed E-state index contributed by atoms with van der Waals surface area (Å²) in [5, 5.41) is 16.4. The van der Waals surface area contributed by atoms with Crippen LogP contribution in [0.1, 0.15) is 41.5 Å². The molecule has 0 spiro atoms. The number of carbonyl (C=O) groups is 1. The van der Waals surface area contributed by atoms with Crippen molar-refractivity contribution in [2.24, 2.45) is 0 Å². The fraction of sp³-hybridized carbons (Fsp3) is 0.222. The molecule has 0 saturated carbocycles. The van der Waals surface area contributed by atoms with Crippen molar-refractivity contribution in [3.8, 4) is 11.3 Å². The van der Waals surface area contributed by atoms with Crippen LogP contribution in [0.5, 0.6) is 0 Å². The summed E-state index contributed by atoms with van der Waals surface area (Å²) in [6.07, 6.45) is 0. The van der Waals surface area contributed by atoms with E-state index >= 15 is 0 Å². The van der Waals surface area contributed by atoms with Crippen molar-refractivity contribution >= 4 is 11.6 Å². The first-order valence-electron chi connectivity index (χ1n) is 7.98. The van der Waals surface area contributed by atoms with Crippen molar-refractivity contribution in [3.63, 3.8) is 0 Å². The Kier molecular flexibility index (Phi) is 4.47. The molecule has 0 radical (unpaired) electrons. The Morgan fingerprint density at radius 2 is 1.92 bits per heavy atom. The van der Waals surface area contributed by atoms with Crippen LogP contribution in [0.4, 0.5) is 5.69 Å². The monoisotopic (exact) mass is 337 g/mol. The van der Waals surface area contributed by atoms with Crippen LogP contribution in [-0.2, 0) is 0 Å². The summed E-state index contributed by atoms with van der Waals surface area (Å²) in [6.45, 7) is 5.82. The first-order chi connectivity index (χ1) is 12.0. The smallest absolute Gasteiger partial charge is 0.264 e. The maximum atomic E-state index is 12.7. The Bertz CT molecular complexity index is 951. The van der Waals surface area contributed by atoms with E-state index in [0.717, 1.165) is 17.0 Å². The first kappa shape index (κ1) is 16.6. The summed E-state index contributed by atoms with van der Waals surface area (Å²) >= 11 is 0. The van der Waals surface area contributed by atoms with Crippen molar-refractivity contribution < 1.29 is 4.79 Å². The van der Waals surface area contributed by atoms with Crippen molar-refractivity contribution in [2.75, 3.05) is 5.32 Å². The molecule has 25 heavy (non-hydrogen) atoms. The van der Waals surface area contributed by atoms with Gasteiger partial charge in [-0.2, -0.15) is 10.2 Å². The molecule has 3 aromatic rings. The van der Waals surface area contributed by atoms with Crippen LogP contribution in [0.3, 0.4) is 0 Å². The topological polar surface area (TPSA) is 104 Å². The highest BCUT2D eigenvalue weighted by atomic mass is 16.1. The predicted molar refractivity (Wildman–Crippen MR) is 95.7 cm³/mol. The van der Waals surface area contributed by atoms with E-state index in [1.54, 1.807) is 12.1 Å². The number of rotatable bonds is 4. The summed E-state index contributed by atoms with van der Waals surface area (Å²) in [5.74, 6) is -0.0658. The van der Waals surface area contributed by atoms with Gasteiger partial charge in [0.15, 0.2) is 0 Å². The molecule has 0 bridgehead atoms. The van der Waals surface area contributed by atoms with Gasteiger partial charge >= 0.3 is 0 Å². The number of amides is 1. The molecule has 0 aliphatic rings. The number of nitrogens with zero attached hydrogens (tertiary/aromatic N) is 2. The van der Waals surface area contributed by atoms with E-state index in [1.165, 1.54) is 6.07 Å². The molecule has 0 fully saturated rings. The van der Waals surface area contributed by atoms with Crippen molar-refractivity contribution in [1.29, 1.82) is 0 Å². The summed E-state index contributed by atoms with van der Waals surface area (Å²) in [7, 11) is 0. The van der Waals surface area contributed by atoms with Gasteiger partial charge in [-0.15, -0.1) is 0 Å². The number of hydrogen-bond donors (Lipinski definition) is 3. The Hall–Kier alpha value is -3.22. The zero-order chi connectivity index (χ0) is 18.0. The van der Waals surface area contributed by atoms with Gasteiger partial charge < -0.3 is 5.32 Å². The number of aromatic amines is 2. The summed E-state index contributed by atoms with van der Waals surface area (Å²) in [6, 6.07) is 10.3. The number of carbonyl (C=O) groups excluding carboxylic acids is 1. The minimum atomic E-state index is -0.259. The Morgan fingerprint density at radius 3 is 2.60 bits per heavy atom. The van der Waals surface area contributed by atoms with Gasteiger partial charge in [0.05, 0.1) is 17.0 Å². The lowest BCUT2D eigenvalue weighted by molar-refractivity contribution is 0.102. The van der Waals surface area contributed by atoms with E-state index in [1.807, 2.05) is 39.0 Å². The standard InChI is InChI=1S/C18H19N5O2/c1-10(2)17-16(11(3)20-23-17)18(25)19-13-6-4-5-12(9-13)14-7-8-15(24)22-21-14/h4-10H,1-3H3,(H,19,25)(H,20,23)(H,22,24). The van der Waals surface area contributed by atoms with Crippen LogP contribution >= 0.6 is 0 Å². The molecular weight excluding hydrogens is 318 g/mol. The quantitative estimate of drug-likeness (QED) is 0.681. The van der Waals surface area contributed by atoms with Crippen LogP contribution in [0.15, 0.2) is 41.2 Å². The third-order valence-electron chi connectivity index (χ3n) is 3.84. The number of H-pyrrole nitrogens is 2. The lowest BCUT2D eigenvalue weighted by atomic mass is 10.0. The number of anilines is 1. The van der Waals surface area contributed by atoms with Crippen molar-refractivity contribution in [3.05, 3.63) is 63.7 Å². The molecule has 0 unspecified atom stereocenters. The van der Waals surface area contributed by atoms with Crippen molar-refractivity contribution in [1.82, 2.24) is 20.4 Å². The third-order valence-corrected chi connectivity index (χ3v) is 3.84. The van der Waals surface area contributed by atoms with Gasteiger partial charge in [-0.05, 0) is 31.0 Å². The number of benzene rings is 1. The lowest BCUT2D eigenvalue weighted by Gasteiger charge is -2.09. The third kappa shape index (κ3) is 3.50. The second kappa shape index (κ2) is 6.72. The van der Waals surface area contributed by atoms with Gasteiger partial charge in [0, 0.05) is 23.0 Å². The Balaban J connectivity index is 1.88. The first-order valence-corrected chi connectivity index (χ1v) is 7.98. The highest BCUT2D eigenvalue weighted by Gasteiger charge is 2.20. The molecule has 0 aliphatic carbocycles. The molecule has 1 amide bonds. The van der Waals surface area contributed by atoms with E-state index in [9.17, 15) is 9.59 Å². The molecule has 0 saturated heterocycles. The molecule has 1 aromatic carbocycles. The van der Waals surface area contributed by atoms with Gasteiger partial charge in [0.2, 0.25) is 0 Å². The second-order valence-electron chi connectivity index (χ2n) is 6.10. The van der Waals surface area contributed by atoms with E-state index < -0.39 is 0 Å². The van der Waals surface area contributed by atoms with Crippen LogP contribution in [0, 0.1) is 6.92 Å². The fourth-order valence-electron chi connectivity index (χ4n) is 2.61. The van der Waals surface area contributed by atoms with E-state index in [0.29, 0.717) is 16.9 Å².